The molecule has 0 bridgehead atoms. The summed E-state index contributed by atoms with van der Waals surface area (Å²) in [4.78, 5) is 14.5. The first-order valence-electron chi connectivity index (χ1n) is 9.61. The summed E-state index contributed by atoms with van der Waals surface area (Å²) in [5.41, 5.74) is 3.14. The van der Waals surface area contributed by atoms with E-state index in [1.165, 1.54) is 6.07 Å². The highest BCUT2D eigenvalue weighted by molar-refractivity contribution is 6.33. The first-order valence-corrected chi connectivity index (χ1v) is 10.4. The van der Waals surface area contributed by atoms with Gasteiger partial charge in [0.1, 0.15) is 23.9 Å². The van der Waals surface area contributed by atoms with Crippen LogP contribution in [0.3, 0.4) is 0 Å². The molecule has 0 saturated heterocycles. The molecule has 0 unspecified atom stereocenters. The Morgan fingerprint density at radius 2 is 1.86 bits per heavy atom. The topological polar surface area (TPSA) is 42.7 Å². The van der Waals surface area contributed by atoms with Crippen molar-refractivity contribution >= 4 is 34.2 Å². The van der Waals surface area contributed by atoms with Gasteiger partial charge in [-0.1, -0.05) is 29.3 Å². The number of ether oxygens (including phenoxy) is 1. The fraction of sp³-hybridized carbons (Fsp3) is 0.318. The van der Waals surface area contributed by atoms with Crippen LogP contribution in [0.2, 0.25) is 10.0 Å². The van der Waals surface area contributed by atoms with Gasteiger partial charge >= 0.3 is 5.63 Å². The Bertz CT molecular complexity index is 1170. The van der Waals surface area contributed by atoms with Gasteiger partial charge in [-0.05, 0) is 49.4 Å². The average molecular weight is 434 g/mol. The summed E-state index contributed by atoms with van der Waals surface area (Å²) in [5.74, 6) is 0.161. The van der Waals surface area contributed by atoms with E-state index in [4.69, 9.17) is 32.4 Å². The van der Waals surface area contributed by atoms with E-state index >= 15 is 0 Å². The standard InChI is InChI=1S/C22H18Cl2FNO3/c23-17-6-3-7-19(25)15(17)9-26-10-16-20-14(8-18(24)21(16)28-11-26)12-4-1-2-5-13(12)22(27)29-20/h3,6-8H,1-2,4-5,9-11H2. The third kappa shape index (κ3) is 3.21. The summed E-state index contributed by atoms with van der Waals surface area (Å²) in [7, 11) is 0. The fourth-order valence-corrected chi connectivity index (χ4v) is 4.82. The maximum Gasteiger partial charge on any atom is 0.339 e. The molecule has 5 rings (SSSR count). The van der Waals surface area contributed by atoms with Gasteiger partial charge in [-0.15, -0.1) is 0 Å². The van der Waals surface area contributed by atoms with Gasteiger partial charge in [-0.2, -0.15) is 0 Å². The van der Waals surface area contributed by atoms with Crippen molar-refractivity contribution in [3.05, 3.63) is 72.8 Å². The molecule has 1 aromatic heterocycles. The summed E-state index contributed by atoms with van der Waals surface area (Å²) >= 11 is 12.7. The van der Waals surface area contributed by atoms with Crippen molar-refractivity contribution in [3.8, 4) is 5.75 Å². The number of fused-ring (bicyclic) bond motifs is 5. The van der Waals surface area contributed by atoms with Crippen LogP contribution >= 0.6 is 23.2 Å². The van der Waals surface area contributed by atoms with E-state index in [1.807, 2.05) is 11.0 Å². The van der Waals surface area contributed by atoms with Gasteiger partial charge in [-0.3, -0.25) is 4.90 Å². The van der Waals surface area contributed by atoms with Crippen molar-refractivity contribution in [2.45, 2.75) is 38.8 Å². The Labute approximate surface area is 176 Å². The molecule has 0 radical (unpaired) electrons. The lowest BCUT2D eigenvalue weighted by Crippen LogP contribution is -2.32. The molecule has 0 fully saturated rings. The van der Waals surface area contributed by atoms with E-state index in [-0.39, 0.29) is 24.7 Å². The third-order valence-electron chi connectivity index (χ3n) is 5.73. The van der Waals surface area contributed by atoms with Gasteiger partial charge in [0.05, 0.1) is 10.6 Å². The van der Waals surface area contributed by atoms with Crippen LogP contribution in [0.4, 0.5) is 4.39 Å². The fourth-order valence-electron chi connectivity index (χ4n) is 4.32. The number of nitrogens with zero attached hydrogens (tertiary/aromatic N) is 1. The number of halogens is 3. The van der Waals surface area contributed by atoms with Gasteiger partial charge < -0.3 is 9.15 Å². The normalized spacial score (nSPS) is 16.4. The number of hydrogen-bond acceptors (Lipinski definition) is 4. The molecule has 0 spiro atoms. The minimum atomic E-state index is -0.361. The van der Waals surface area contributed by atoms with Crippen LogP contribution in [-0.2, 0) is 25.9 Å². The predicted molar refractivity (Wildman–Crippen MR) is 110 cm³/mol. The van der Waals surface area contributed by atoms with E-state index in [0.29, 0.717) is 33.5 Å². The second-order valence-electron chi connectivity index (χ2n) is 7.56. The van der Waals surface area contributed by atoms with Gasteiger partial charge in [-0.25, -0.2) is 9.18 Å². The highest BCUT2D eigenvalue weighted by atomic mass is 35.5. The Balaban J connectivity index is 1.60. The van der Waals surface area contributed by atoms with Crippen molar-refractivity contribution < 1.29 is 13.5 Å². The molecule has 2 aromatic carbocycles. The molecule has 3 aromatic rings. The summed E-state index contributed by atoms with van der Waals surface area (Å²) in [6.45, 7) is 0.922. The first-order chi connectivity index (χ1) is 14.0. The van der Waals surface area contributed by atoms with Gasteiger partial charge in [0.25, 0.3) is 0 Å². The summed E-state index contributed by atoms with van der Waals surface area (Å²) in [6, 6.07) is 6.47. The molecular formula is C22H18Cl2FNO3. The molecule has 0 N–H and O–H groups in total. The van der Waals surface area contributed by atoms with E-state index in [0.717, 1.165) is 47.8 Å². The number of aryl methyl sites for hydroxylation is 1. The smallest absolute Gasteiger partial charge is 0.339 e. The van der Waals surface area contributed by atoms with Gasteiger partial charge in [0, 0.05) is 34.6 Å². The lowest BCUT2D eigenvalue weighted by molar-refractivity contribution is 0.0881. The molecule has 150 valence electrons. The lowest BCUT2D eigenvalue weighted by atomic mass is 9.90. The molecule has 0 saturated carbocycles. The van der Waals surface area contributed by atoms with Crippen molar-refractivity contribution in [1.29, 1.82) is 0 Å². The molecular weight excluding hydrogens is 416 g/mol. The summed E-state index contributed by atoms with van der Waals surface area (Å²) in [6.07, 6.45) is 3.59. The van der Waals surface area contributed by atoms with Crippen molar-refractivity contribution in [2.75, 3.05) is 6.73 Å². The van der Waals surface area contributed by atoms with E-state index in [2.05, 4.69) is 0 Å². The molecule has 4 nitrogen and oxygen atoms in total. The van der Waals surface area contributed by atoms with E-state index in [9.17, 15) is 9.18 Å². The Hall–Kier alpha value is -2.08. The third-order valence-corrected chi connectivity index (χ3v) is 6.37. The van der Waals surface area contributed by atoms with Crippen LogP contribution in [-0.4, -0.2) is 11.6 Å². The Morgan fingerprint density at radius 3 is 2.66 bits per heavy atom. The number of hydrogen-bond donors (Lipinski definition) is 0. The summed E-state index contributed by atoms with van der Waals surface area (Å²) < 4.78 is 25.8. The highest BCUT2D eigenvalue weighted by Gasteiger charge is 2.28. The molecule has 29 heavy (non-hydrogen) atoms. The van der Waals surface area contributed by atoms with E-state index < -0.39 is 0 Å². The van der Waals surface area contributed by atoms with Crippen LogP contribution in [0.25, 0.3) is 11.0 Å². The van der Waals surface area contributed by atoms with Crippen molar-refractivity contribution in [1.82, 2.24) is 4.90 Å². The zero-order valence-electron chi connectivity index (χ0n) is 15.6. The second kappa shape index (κ2) is 7.31. The molecule has 0 amide bonds. The lowest BCUT2D eigenvalue weighted by Gasteiger charge is -2.30. The highest BCUT2D eigenvalue weighted by Crippen LogP contribution is 2.41. The minimum absolute atomic E-state index is 0.234. The predicted octanol–water partition coefficient (Wildman–Crippen LogP) is 5.47. The monoisotopic (exact) mass is 433 g/mol. The Morgan fingerprint density at radius 1 is 1.07 bits per heavy atom. The van der Waals surface area contributed by atoms with Crippen LogP contribution < -0.4 is 10.4 Å². The maximum atomic E-state index is 14.2. The molecule has 0 atom stereocenters. The molecule has 1 aliphatic heterocycles. The van der Waals surface area contributed by atoms with Crippen molar-refractivity contribution in [2.24, 2.45) is 0 Å². The molecule has 1 aliphatic carbocycles. The zero-order valence-corrected chi connectivity index (χ0v) is 17.1. The SMILES string of the molecule is O=c1oc2c3c(c(Cl)cc2c2c1CCCC2)OCN(Cc1c(F)cccc1Cl)C3. The van der Waals surface area contributed by atoms with Gasteiger partial charge in [0.15, 0.2) is 0 Å². The maximum absolute atomic E-state index is 14.2. The molecule has 7 heteroatoms. The largest absolute Gasteiger partial charge is 0.476 e. The van der Waals surface area contributed by atoms with Crippen LogP contribution in [0.15, 0.2) is 33.5 Å². The quantitative estimate of drug-likeness (QED) is 0.502. The number of rotatable bonds is 2. The second-order valence-corrected chi connectivity index (χ2v) is 8.37. The molecule has 2 aliphatic rings. The summed E-state index contributed by atoms with van der Waals surface area (Å²) in [5, 5.41) is 1.74. The van der Waals surface area contributed by atoms with Crippen LogP contribution in [0, 0.1) is 5.82 Å². The van der Waals surface area contributed by atoms with Crippen LogP contribution in [0.1, 0.15) is 35.1 Å². The molecule has 2 heterocycles. The zero-order chi connectivity index (χ0) is 20.1. The minimum Gasteiger partial charge on any atom is -0.476 e. The van der Waals surface area contributed by atoms with E-state index in [1.54, 1.807) is 12.1 Å². The number of benzene rings is 2. The first kappa shape index (κ1) is 18.9. The van der Waals surface area contributed by atoms with Crippen LogP contribution in [0.5, 0.6) is 5.75 Å². The Kier molecular flexibility index (Phi) is 4.77. The van der Waals surface area contributed by atoms with Crippen molar-refractivity contribution in [3.63, 3.8) is 0 Å². The van der Waals surface area contributed by atoms with Gasteiger partial charge in [0.2, 0.25) is 0 Å². The average Bonchev–Trinajstić information content (AvgIpc) is 2.72.